The number of ether oxygens (including phenoxy) is 1. The van der Waals surface area contributed by atoms with Gasteiger partial charge in [0.15, 0.2) is 5.78 Å². The topological polar surface area (TPSA) is 43.4 Å². The third-order valence-corrected chi connectivity index (χ3v) is 1.70. The summed E-state index contributed by atoms with van der Waals surface area (Å²) >= 11 is 0. The summed E-state index contributed by atoms with van der Waals surface area (Å²) in [7, 11) is 1.24. The first-order chi connectivity index (χ1) is 6.72. The van der Waals surface area contributed by atoms with Gasteiger partial charge < -0.3 is 4.74 Å². The lowest BCUT2D eigenvalue weighted by molar-refractivity contribution is -0.138. The van der Waals surface area contributed by atoms with Crippen LogP contribution < -0.4 is 0 Å². The molecule has 0 N–H and O–H groups in total. The molecule has 1 aromatic rings. The minimum absolute atomic E-state index is 0.232. The van der Waals surface area contributed by atoms with Crippen molar-refractivity contribution in [3.8, 4) is 0 Å². The number of ketones is 1. The Morgan fingerprint density at radius 2 is 1.93 bits per heavy atom. The fourth-order valence-electron chi connectivity index (χ4n) is 1.04. The highest BCUT2D eigenvalue weighted by atomic mass is 16.5. The number of benzene rings is 1. The fourth-order valence-corrected chi connectivity index (χ4v) is 1.04. The average molecular weight is 191 g/mol. The number of carbonyl (C=O) groups is 2. The van der Waals surface area contributed by atoms with Crippen molar-refractivity contribution in [2.45, 2.75) is 6.42 Å². The van der Waals surface area contributed by atoms with Crippen LogP contribution in [0.5, 0.6) is 0 Å². The van der Waals surface area contributed by atoms with Crippen LogP contribution in [-0.4, -0.2) is 18.9 Å². The quantitative estimate of drug-likeness (QED) is 0.530. The van der Waals surface area contributed by atoms with Crippen molar-refractivity contribution in [1.82, 2.24) is 0 Å². The van der Waals surface area contributed by atoms with Crippen LogP contribution in [0.4, 0.5) is 0 Å². The lowest BCUT2D eigenvalue weighted by Gasteiger charge is -1.99. The Hall–Kier alpha value is -1.64. The summed E-state index contributed by atoms with van der Waals surface area (Å²) in [5, 5.41) is 0. The third-order valence-electron chi connectivity index (χ3n) is 1.70. The van der Waals surface area contributed by atoms with Gasteiger partial charge in [-0.05, 0) is 5.56 Å². The van der Waals surface area contributed by atoms with Crippen molar-refractivity contribution < 1.29 is 14.3 Å². The maximum absolute atomic E-state index is 11.2. The Labute approximate surface area is 82.7 Å². The largest absolute Gasteiger partial charge is 0.468 e. The van der Waals surface area contributed by atoms with E-state index in [9.17, 15) is 9.59 Å². The summed E-state index contributed by atoms with van der Waals surface area (Å²) in [6.07, 6.45) is 1.20. The van der Waals surface area contributed by atoms with Gasteiger partial charge in [-0.25, -0.2) is 0 Å². The molecule has 0 aliphatic carbocycles. The highest BCUT2D eigenvalue weighted by Crippen LogP contribution is 2.01. The summed E-state index contributed by atoms with van der Waals surface area (Å²) < 4.78 is 4.34. The minimum atomic E-state index is -0.606. The van der Waals surface area contributed by atoms with Gasteiger partial charge >= 0.3 is 5.97 Å². The smallest absolute Gasteiger partial charge is 0.317 e. The standard InChI is InChI=1S/C11H11O3/c1-14-11(13)8-10(12)7-9-5-3-2-4-6-9/h2-6,8H,7H2,1H3. The van der Waals surface area contributed by atoms with Gasteiger partial charge in [0.1, 0.15) is 6.42 Å². The number of carbonyl (C=O) groups excluding carboxylic acids is 2. The fraction of sp³-hybridized carbons (Fsp3) is 0.182. The van der Waals surface area contributed by atoms with Crippen molar-refractivity contribution in [3.63, 3.8) is 0 Å². The van der Waals surface area contributed by atoms with Gasteiger partial charge in [0, 0.05) is 6.42 Å². The zero-order valence-electron chi connectivity index (χ0n) is 7.90. The van der Waals surface area contributed by atoms with Crippen LogP contribution in [0.15, 0.2) is 30.3 Å². The molecule has 0 spiro atoms. The number of rotatable bonds is 4. The average Bonchev–Trinajstić information content (AvgIpc) is 2.19. The van der Waals surface area contributed by atoms with E-state index in [1.807, 2.05) is 30.3 Å². The summed E-state index contributed by atoms with van der Waals surface area (Å²) in [4.78, 5) is 21.9. The van der Waals surface area contributed by atoms with Gasteiger partial charge in [-0.1, -0.05) is 30.3 Å². The first-order valence-electron chi connectivity index (χ1n) is 4.22. The predicted octanol–water partition coefficient (Wildman–Crippen LogP) is 1.18. The van der Waals surface area contributed by atoms with E-state index in [0.717, 1.165) is 12.0 Å². The van der Waals surface area contributed by atoms with E-state index >= 15 is 0 Å². The molecular formula is C11H11O3. The van der Waals surface area contributed by atoms with Crippen molar-refractivity contribution >= 4 is 11.8 Å². The molecule has 0 amide bonds. The highest BCUT2D eigenvalue weighted by molar-refractivity contribution is 6.07. The molecule has 0 heterocycles. The Kier molecular flexibility index (Phi) is 3.85. The molecule has 1 radical (unpaired) electrons. The van der Waals surface area contributed by atoms with Crippen LogP contribution in [0.2, 0.25) is 0 Å². The molecule has 0 unspecified atom stereocenters. The van der Waals surface area contributed by atoms with E-state index in [2.05, 4.69) is 4.74 Å². The van der Waals surface area contributed by atoms with Gasteiger partial charge in [-0.2, -0.15) is 0 Å². The number of methoxy groups -OCH3 is 1. The minimum Gasteiger partial charge on any atom is -0.468 e. The summed E-state index contributed by atoms with van der Waals surface area (Å²) in [6, 6.07) is 9.24. The van der Waals surface area contributed by atoms with Crippen LogP contribution in [0.3, 0.4) is 0 Å². The number of hydrogen-bond donors (Lipinski definition) is 0. The lowest BCUT2D eigenvalue weighted by atomic mass is 10.1. The van der Waals surface area contributed by atoms with E-state index in [-0.39, 0.29) is 12.2 Å². The van der Waals surface area contributed by atoms with E-state index in [1.54, 1.807) is 0 Å². The van der Waals surface area contributed by atoms with E-state index in [0.29, 0.717) is 0 Å². The molecule has 0 saturated carbocycles. The molecule has 0 aromatic heterocycles. The number of esters is 1. The molecule has 0 saturated heterocycles. The van der Waals surface area contributed by atoms with Gasteiger partial charge in [-0.15, -0.1) is 0 Å². The summed E-state index contributed by atoms with van der Waals surface area (Å²) in [6.45, 7) is 0. The monoisotopic (exact) mass is 191 g/mol. The van der Waals surface area contributed by atoms with Crippen molar-refractivity contribution in [2.75, 3.05) is 7.11 Å². The van der Waals surface area contributed by atoms with Crippen LogP contribution in [0.25, 0.3) is 0 Å². The maximum atomic E-state index is 11.2. The van der Waals surface area contributed by atoms with Crippen molar-refractivity contribution in [2.24, 2.45) is 0 Å². The molecule has 0 bridgehead atoms. The SMILES string of the molecule is COC(=O)[CH]C(=O)Cc1ccccc1. The van der Waals surface area contributed by atoms with Gasteiger partial charge in [0.2, 0.25) is 0 Å². The Balaban J connectivity index is 2.46. The van der Waals surface area contributed by atoms with E-state index in [4.69, 9.17) is 0 Å². The normalized spacial score (nSPS) is 9.50. The van der Waals surface area contributed by atoms with Crippen molar-refractivity contribution in [3.05, 3.63) is 42.3 Å². The van der Waals surface area contributed by atoms with E-state index < -0.39 is 5.97 Å². The zero-order chi connectivity index (χ0) is 10.4. The van der Waals surface area contributed by atoms with Crippen LogP contribution in [-0.2, 0) is 20.7 Å². The third kappa shape index (κ3) is 3.39. The predicted molar refractivity (Wildman–Crippen MR) is 51.5 cm³/mol. The van der Waals surface area contributed by atoms with Crippen LogP contribution >= 0.6 is 0 Å². The zero-order valence-corrected chi connectivity index (χ0v) is 7.90. The molecule has 14 heavy (non-hydrogen) atoms. The molecule has 0 aliphatic rings. The highest BCUT2D eigenvalue weighted by Gasteiger charge is 2.10. The summed E-state index contributed by atoms with van der Waals surface area (Å²) in [5.41, 5.74) is 0.887. The number of hydrogen-bond acceptors (Lipinski definition) is 3. The molecule has 1 rings (SSSR count). The first kappa shape index (κ1) is 10.4. The Morgan fingerprint density at radius 3 is 2.50 bits per heavy atom. The van der Waals surface area contributed by atoms with Crippen LogP contribution in [0, 0.1) is 6.42 Å². The molecule has 1 aromatic carbocycles. The molecule has 73 valence electrons. The molecule has 3 nitrogen and oxygen atoms in total. The second kappa shape index (κ2) is 5.17. The second-order valence-electron chi connectivity index (χ2n) is 2.80. The lowest BCUT2D eigenvalue weighted by Crippen LogP contribution is -2.12. The molecule has 0 aliphatic heterocycles. The van der Waals surface area contributed by atoms with Crippen molar-refractivity contribution in [1.29, 1.82) is 0 Å². The second-order valence-corrected chi connectivity index (χ2v) is 2.80. The van der Waals surface area contributed by atoms with Gasteiger partial charge in [-0.3, -0.25) is 9.59 Å². The molecule has 0 atom stereocenters. The Bertz CT molecular complexity index is 317. The molecule has 0 fully saturated rings. The number of Topliss-reactive ketones (excluding diaryl/α,β-unsaturated/α-hetero) is 1. The molecular weight excluding hydrogens is 180 g/mol. The van der Waals surface area contributed by atoms with E-state index in [1.165, 1.54) is 7.11 Å². The summed E-state index contributed by atoms with van der Waals surface area (Å²) in [5.74, 6) is -0.853. The maximum Gasteiger partial charge on any atom is 0.317 e. The Morgan fingerprint density at radius 1 is 1.29 bits per heavy atom. The van der Waals surface area contributed by atoms with Gasteiger partial charge in [0.25, 0.3) is 0 Å². The first-order valence-corrected chi connectivity index (χ1v) is 4.22. The van der Waals surface area contributed by atoms with Gasteiger partial charge in [0.05, 0.1) is 7.11 Å². The van der Waals surface area contributed by atoms with Crippen LogP contribution in [0.1, 0.15) is 5.56 Å². The molecule has 3 heteroatoms.